The zero-order chi connectivity index (χ0) is 24.4. The van der Waals surface area contributed by atoms with Crippen LogP contribution in [0.5, 0.6) is 5.75 Å². The highest BCUT2D eigenvalue weighted by Gasteiger charge is 2.32. The highest BCUT2D eigenvalue weighted by molar-refractivity contribution is 7.91. The number of hydrogen-bond donors (Lipinski definition) is 2. The molecule has 1 heterocycles. The number of benzene rings is 2. The second kappa shape index (κ2) is 9.78. The van der Waals surface area contributed by atoms with Gasteiger partial charge in [0.25, 0.3) is 5.91 Å². The average Bonchev–Trinajstić information content (AvgIpc) is 3.16. The molecule has 0 radical (unpaired) electrons. The molecule has 0 aromatic heterocycles. The summed E-state index contributed by atoms with van der Waals surface area (Å²) in [4.78, 5) is 14.6. The topological polar surface area (TPSA) is 102 Å². The molecule has 1 aliphatic heterocycles. The molecule has 1 atom stereocenters. The summed E-state index contributed by atoms with van der Waals surface area (Å²) in [6, 6.07) is 7.70. The van der Waals surface area contributed by atoms with Crippen LogP contribution < -0.4 is 20.7 Å². The van der Waals surface area contributed by atoms with Crippen LogP contribution in [0.2, 0.25) is 5.02 Å². The number of rotatable bonds is 7. The molecule has 0 spiro atoms. The van der Waals surface area contributed by atoms with Crippen LogP contribution in [0.25, 0.3) is 0 Å². The van der Waals surface area contributed by atoms with Gasteiger partial charge in [0.2, 0.25) is 0 Å². The number of nitrogens with two attached hydrogens (primary N) is 1. The predicted octanol–water partition coefficient (Wildman–Crippen LogP) is 3.50. The molecule has 1 saturated heterocycles. The number of nitrogens with zero attached hydrogens (tertiary/aromatic N) is 1. The van der Waals surface area contributed by atoms with Crippen molar-refractivity contribution in [3.05, 3.63) is 52.5 Å². The number of anilines is 1. The molecular weight excluding hydrogens is 483 g/mol. The first-order chi connectivity index (χ1) is 15.4. The van der Waals surface area contributed by atoms with Gasteiger partial charge in [-0.15, -0.1) is 13.2 Å². The highest BCUT2D eigenvalue weighted by atomic mass is 35.5. The number of ether oxygens (including phenoxy) is 1. The van der Waals surface area contributed by atoms with E-state index >= 15 is 0 Å². The third kappa shape index (κ3) is 6.52. The molecule has 1 unspecified atom stereocenters. The number of carbonyl (C=O) groups excluding carboxylic acids is 1. The molecule has 1 amide bonds. The molecule has 12 heteroatoms. The van der Waals surface area contributed by atoms with Crippen LogP contribution in [0.15, 0.2) is 41.3 Å². The van der Waals surface area contributed by atoms with Gasteiger partial charge in [-0.1, -0.05) is 18.5 Å². The number of nitrogens with one attached hydrogen (secondary N) is 1. The van der Waals surface area contributed by atoms with E-state index in [0.29, 0.717) is 25.2 Å². The Balaban J connectivity index is 1.88. The summed E-state index contributed by atoms with van der Waals surface area (Å²) in [6.45, 7) is 2.25. The maximum Gasteiger partial charge on any atom is 0.573 e. The second-order valence-corrected chi connectivity index (χ2v) is 10.3. The van der Waals surface area contributed by atoms with E-state index in [1.807, 2.05) is 0 Å². The molecule has 3 rings (SSSR count). The highest BCUT2D eigenvalue weighted by Crippen LogP contribution is 2.30. The van der Waals surface area contributed by atoms with Gasteiger partial charge in [-0.2, -0.15) is 0 Å². The minimum Gasteiger partial charge on any atom is -0.406 e. The minimum atomic E-state index is -4.93. The van der Waals surface area contributed by atoms with Crippen LogP contribution in [0.4, 0.5) is 18.9 Å². The van der Waals surface area contributed by atoms with Gasteiger partial charge in [-0.05, 0) is 42.3 Å². The summed E-state index contributed by atoms with van der Waals surface area (Å²) in [5.74, 6) is -1.39. The first-order valence-electron chi connectivity index (χ1n) is 10.1. The van der Waals surface area contributed by atoms with Gasteiger partial charge in [0.05, 0.1) is 10.6 Å². The molecule has 33 heavy (non-hydrogen) atoms. The van der Waals surface area contributed by atoms with Crippen LogP contribution in [0, 0.1) is 0 Å². The van der Waals surface area contributed by atoms with Gasteiger partial charge < -0.3 is 20.7 Å². The van der Waals surface area contributed by atoms with Crippen molar-refractivity contribution >= 4 is 33.0 Å². The Morgan fingerprint density at radius 3 is 2.61 bits per heavy atom. The van der Waals surface area contributed by atoms with Crippen molar-refractivity contribution in [2.24, 2.45) is 5.73 Å². The molecule has 2 aromatic carbocycles. The molecule has 7 nitrogen and oxygen atoms in total. The molecule has 2 aromatic rings. The maximum atomic E-state index is 12.8. The van der Waals surface area contributed by atoms with Crippen LogP contribution in [-0.4, -0.2) is 45.6 Å². The lowest BCUT2D eigenvalue weighted by Crippen LogP contribution is -2.28. The van der Waals surface area contributed by atoms with Gasteiger partial charge in [-0.25, -0.2) is 8.42 Å². The molecule has 0 bridgehead atoms. The van der Waals surface area contributed by atoms with Crippen molar-refractivity contribution in [1.82, 2.24) is 5.32 Å². The Hall–Kier alpha value is -2.50. The van der Waals surface area contributed by atoms with E-state index in [2.05, 4.69) is 10.1 Å². The first-order valence-corrected chi connectivity index (χ1v) is 12.1. The first kappa shape index (κ1) is 25.1. The number of sulfone groups is 1. The summed E-state index contributed by atoms with van der Waals surface area (Å²) in [7, 11) is -3.58. The molecule has 0 aliphatic carbocycles. The van der Waals surface area contributed by atoms with Gasteiger partial charge in [-0.3, -0.25) is 4.79 Å². The fourth-order valence-corrected chi connectivity index (χ4v) is 4.85. The van der Waals surface area contributed by atoms with Gasteiger partial charge >= 0.3 is 6.36 Å². The third-order valence-corrected chi connectivity index (χ3v) is 7.22. The zero-order valence-electron chi connectivity index (χ0n) is 17.7. The summed E-state index contributed by atoms with van der Waals surface area (Å²) >= 11 is 5.98. The Morgan fingerprint density at radius 2 is 2.00 bits per heavy atom. The molecule has 1 fully saturated rings. The SMILES string of the molecule is CCS(=O)(=O)c1ccc(Cl)cc1CNC(=O)c1cc(OC(F)(F)F)cc(N2CCC(N)C2)c1. The zero-order valence-corrected chi connectivity index (χ0v) is 19.2. The molecule has 180 valence electrons. The average molecular weight is 506 g/mol. The van der Waals surface area contributed by atoms with Crippen molar-refractivity contribution < 1.29 is 31.1 Å². The van der Waals surface area contributed by atoms with Crippen LogP contribution in [0.1, 0.15) is 29.3 Å². The van der Waals surface area contributed by atoms with Gasteiger partial charge in [0.1, 0.15) is 5.75 Å². The number of carbonyl (C=O) groups is 1. The standard InChI is InChI=1S/C21H23ClF3N3O4S/c1-2-33(30,31)19-4-3-15(22)7-14(19)11-27-20(29)13-8-17(28-6-5-16(26)12-28)10-18(9-13)32-21(23,24)25/h3-4,7-10,16H,2,5-6,11-12,26H2,1H3,(H,27,29). The lowest BCUT2D eigenvalue weighted by molar-refractivity contribution is -0.274. The maximum absolute atomic E-state index is 12.8. The predicted molar refractivity (Wildman–Crippen MR) is 118 cm³/mol. The Kier molecular flexibility index (Phi) is 7.45. The quantitative estimate of drug-likeness (QED) is 0.597. The smallest absolute Gasteiger partial charge is 0.406 e. The molecule has 3 N–H and O–H groups in total. The summed E-state index contributed by atoms with van der Waals surface area (Å²) < 4.78 is 67.2. The summed E-state index contributed by atoms with van der Waals surface area (Å²) in [5.41, 5.74) is 6.46. The summed E-state index contributed by atoms with van der Waals surface area (Å²) in [6.07, 6.45) is -4.27. The number of alkyl halides is 3. The van der Waals surface area contributed by atoms with Crippen molar-refractivity contribution in [2.45, 2.75) is 37.2 Å². The van der Waals surface area contributed by atoms with Gasteiger partial charge in [0.15, 0.2) is 9.84 Å². The van der Waals surface area contributed by atoms with Crippen molar-refractivity contribution in [1.29, 1.82) is 0 Å². The summed E-state index contributed by atoms with van der Waals surface area (Å²) in [5, 5.41) is 2.83. The number of hydrogen-bond acceptors (Lipinski definition) is 6. The number of halogens is 4. The van der Waals surface area contributed by atoms with Crippen LogP contribution in [-0.2, 0) is 16.4 Å². The minimum absolute atomic E-state index is 0.0237. The normalized spacial score (nSPS) is 16.7. The van der Waals surface area contributed by atoms with E-state index in [4.69, 9.17) is 17.3 Å². The Morgan fingerprint density at radius 1 is 1.27 bits per heavy atom. The second-order valence-electron chi connectivity index (χ2n) is 7.60. The Bertz CT molecular complexity index is 1140. The van der Waals surface area contributed by atoms with Crippen LogP contribution >= 0.6 is 11.6 Å². The van der Waals surface area contributed by atoms with E-state index in [-0.39, 0.29) is 39.4 Å². The van der Waals surface area contributed by atoms with E-state index in [9.17, 15) is 26.4 Å². The van der Waals surface area contributed by atoms with Crippen molar-refractivity contribution in [3.63, 3.8) is 0 Å². The van der Waals surface area contributed by atoms with Crippen molar-refractivity contribution in [2.75, 3.05) is 23.7 Å². The van der Waals surface area contributed by atoms with Crippen LogP contribution in [0.3, 0.4) is 0 Å². The lowest BCUT2D eigenvalue weighted by Gasteiger charge is -2.21. The fraction of sp³-hybridized carbons (Fsp3) is 0.381. The number of amides is 1. The Labute approximate surface area is 194 Å². The third-order valence-electron chi connectivity index (χ3n) is 5.15. The van der Waals surface area contributed by atoms with E-state index in [1.165, 1.54) is 37.3 Å². The lowest BCUT2D eigenvalue weighted by atomic mass is 10.1. The van der Waals surface area contributed by atoms with E-state index < -0.39 is 27.9 Å². The van der Waals surface area contributed by atoms with Crippen molar-refractivity contribution in [3.8, 4) is 5.75 Å². The van der Waals surface area contributed by atoms with Gasteiger partial charge in [0, 0.05) is 48.0 Å². The molecule has 1 aliphatic rings. The largest absolute Gasteiger partial charge is 0.573 e. The van der Waals surface area contributed by atoms with E-state index in [1.54, 1.807) is 4.90 Å². The molecule has 0 saturated carbocycles. The molecular formula is C21H23ClF3N3O4S. The monoisotopic (exact) mass is 505 g/mol. The van der Waals surface area contributed by atoms with E-state index in [0.717, 1.165) is 6.07 Å². The fourth-order valence-electron chi connectivity index (χ4n) is 3.53.